The summed E-state index contributed by atoms with van der Waals surface area (Å²) < 4.78 is 33.3. The van der Waals surface area contributed by atoms with Gasteiger partial charge in [0.15, 0.2) is 11.5 Å². The van der Waals surface area contributed by atoms with Crippen molar-refractivity contribution < 1.29 is 27.5 Å². The van der Waals surface area contributed by atoms with Crippen molar-refractivity contribution in [2.24, 2.45) is 5.92 Å². The lowest BCUT2D eigenvalue weighted by molar-refractivity contribution is -0.137. The van der Waals surface area contributed by atoms with Crippen LogP contribution in [-0.4, -0.2) is 88.1 Å². The van der Waals surface area contributed by atoms with E-state index >= 15 is 0 Å². The number of rotatable bonds is 5. The molecule has 0 bridgehead atoms. The van der Waals surface area contributed by atoms with Crippen LogP contribution in [0.25, 0.3) is 0 Å². The summed E-state index contributed by atoms with van der Waals surface area (Å²) in [6.45, 7) is 3.41. The number of fused-ring (bicyclic) bond motifs is 1. The minimum atomic E-state index is -2.99. The Kier molecular flexibility index (Phi) is 5.39. The number of piperazine rings is 1. The molecule has 29 heavy (non-hydrogen) atoms. The smallest absolute Gasteiger partial charge is 0.231 e. The summed E-state index contributed by atoms with van der Waals surface area (Å²) in [6.07, 6.45) is 1.43. The van der Waals surface area contributed by atoms with Gasteiger partial charge in [0.1, 0.15) is 9.84 Å². The topological polar surface area (TPSA) is 96.5 Å². The molecule has 4 rings (SSSR count). The van der Waals surface area contributed by atoms with Gasteiger partial charge in [-0.25, -0.2) is 8.42 Å². The first-order valence-corrected chi connectivity index (χ1v) is 11.7. The Morgan fingerprint density at radius 2 is 1.86 bits per heavy atom. The first kappa shape index (κ1) is 20.0. The van der Waals surface area contributed by atoms with Crippen molar-refractivity contribution in [2.75, 3.05) is 63.0 Å². The fraction of sp³-hybridized carbons (Fsp3) is 0.579. The minimum Gasteiger partial charge on any atom is -0.454 e. The number of nitrogens with zero attached hydrogens (tertiary/aromatic N) is 3. The first-order chi connectivity index (χ1) is 13.8. The van der Waals surface area contributed by atoms with E-state index in [0.717, 1.165) is 0 Å². The summed E-state index contributed by atoms with van der Waals surface area (Å²) in [5.74, 6) is 0.939. The Labute approximate surface area is 170 Å². The van der Waals surface area contributed by atoms with Crippen LogP contribution >= 0.6 is 0 Å². The number of anilines is 1. The molecule has 0 saturated carbocycles. The molecule has 1 unspecified atom stereocenters. The molecule has 0 aliphatic carbocycles. The van der Waals surface area contributed by atoms with Crippen LogP contribution in [0.5, 0.6) is 11.5 Å². The Morgan fingerprint density at radius 1 is 1.14 bits per heavy atom. The molecule has 0 N–H and O–H groups in total. The third-order valence-electron chi connectivity index (χ3n) is 5.60. The summed E-state index contributed by atoms with van der Waals surface area (Å²) in [4.78, 5) is 30.9. The second kappa shape index (κ2) is 7.83. The highest BCUT2D eigenvalue weighted by Gasteiger charge is 2.38. The van der Waals surface area contributed by atoms with Crippen molar-refractivity contribution in [3.63, 3.8) is 0 Å². The van der Waals surface area contributed by atoms with Crippen LogP contribution in [0.2, 0.25) is 0 Å². The lowest BCUT2D eigenvalue weighted by atomic mass is 10.1. The molecule has 3 aliphatic heterocycles. The summed E-state index contributed by atoms with van der Waals surface area (Å²) in [6, 6.07) is 5.35. The van der Waals surface area contributed by atoms with Crippen LogP contribution in [0.4, 0.5) is 5.69 Å². The second-order valence-corrected chi connectivity index (χ2v) is 10.00. The van der Waals surface area contributed by atoms with Gasteiger partial charge in [-0.1, -0.05) is 0 Å². The van der Waals surface area contributed by atoms with Gasteiger partial charge in [0.05, 0.1) is 11.7 Å². The highest BCUT2D eigenvalue weighted by atomic mass is 32.2. The predicted molar refractivity (Wildman–Crippen MR) is 106 cm³/mol. The lowest BCUT2D eigenvalue weighted by Crippen LogP contribution is -2.51. The zero-order chi connectivity index (χ0) is 20.6. The standard InChI is InChI=1S/C19H25N3O6S/c1-29(25,26)9-8-20-4-6-21(7-5-20)19(24)14-10-18(23)22(12-14)15-2-3-16-17(11-15)28-13-27-16/h2-3,11,14H,4-10,12-13H2,1H3. The van der Waals surface area contributed by atoms with Gasteiger partial charge in [-0.15, -0.1) is 0 Å². The van der Waals surface area contributed by atoms with E-state index in [4.69, 9.17) is 9.47 Å². The first-order valence-electron chi connectivity index (χ1n) is 9.69. The van der Waals surface area contributed by atoms with E-state index < -0.39 is 9.84 Å². The average Bonchev–Trinajstić information content (AvgIpc) is 3.31. The van der Waals surface area contributed by atoms with Gasteiger partial charge in [-0.05, 0) is 12.1 Å². The van der Waals surface area contributed by atoms with E-state index in [2.05, 4.69) is 4.90 Å². The fourth-order valence-corrected chi connectivity index (χ4v) is 4.51. The normalized spacial score (nSPS) is 22.4. The molecule has 2 amide bonds. The van der Waals surface area contributed by atoms with Gasteiger partial charge in [-0.3, -0.25) is 14.5 Å². The van der Waals surface area contributed by atoms with E-state index in [1.54, 1.807) is 28.0 Å². The second-order valence-electron chi connectivity index (χ2n) is 7.74. The van der Waals surface area contributed by atoms with E-state index in [-0.39, 0.29) is 36.7 Å². The molecule has 1 atom stereocenters. The number of amides is 2. The fourth-order valence-electron chi connectivity index (χ4n) is 3.92. The molecule has 158 valence electrons. The van der Waals surface area contributed by atoms with Crippen molar-refractivity contribution in [3.8, 4) is 11.5 Å². The minimum absolute atomic E-state index is 0.00986. The third-order valence-corrected chi connectivity index (χ3v) is 6.53. The number of benzene rings is 1. The summed E-state index contributed by atoms with van der Waals surface area (Å²) in [5.41, 5.74) is 0.708. The Morgan fingerprint density at radius 3 is 2.59 bits per heavy atom. The number of sulfone groups is 1. The number of hydrogen-bond acceptors (Lipinski definition) is 7. The monoisotopic (exact) mass is 423 g/mol. The van der Waals surface area contributed by atoms with Gasteiger partial charge in [0.25, 0.3) is 0 Å². The molecular formula is C19H25N3O6S. The van der Waals surface area contributed by atoms with E-state index in [1.165, 1.54) is 6.26 Å². The molecule has 1 aromatic rings. The van der Waals surface area contributed by atoms with Gasteiger partial charge >= 0.3 is 0 Å². The molecular weight excluding hydrogens is 398 g/mol. The summed E-state index contributed by atoms with van der Waals surface area (Å²) in [7, 11) is -2.99. The Balaban J connectivity index is 1.33. The SMILES string of the molecule is CS(=O)(=O)CCN1CCN(C(=O)C2CC(=O)N(c3ccc4c(c3)OCO4)C2)CC1. The predicted octanol–water partition coefficient (Wildman–Crippen LogP) is -0.0430. The van der Waals surface area contributed by atoms with Crippen LogP contribution in [0, 0.1) is 5.92 Å². The molecule has 0 spiro atoms. The Bertz CT molecular complexity index is 911. The summed E-state index contributed by atoms with van der Waals surface area (Å²) in [5, 5.41) is 0. The molecule has 2 saturated heterocycles. The molecule has 1 aromatic carbocycles. The maximum Gasteiger partial charge on any atom is 0.231 e. The van der Waals surface area contributed by atoms with Crippen molar-refractivity contribution in [1.82, 2.24) is 9.80 Å². The molecule has 0 aromatic heterocycles. The molecule has 3 heterocycles. The number of hydrogen-bond donors (Lipinski definition) is 0. The molecule has 9 nitrogen and oxygen atoms in total. The van der Waals surface area contributed by atoms with Crippen LogP contribution in [0.3, 0.4) is 0 Å². The molecule has 3 aliphatic rings. The van der Waals surface area contributed by atoms with Gasteiger partial charge in [-0.2, -0.15) is 0 Å². The molecule has 2 fully saturated rings. The van der Waals surface area contributed by atoms with E-state index in [1.807, 2.05) is 0 Å². The lowest BCUT2D eigenvalue weighted by Gasteiger charge is -2.35. The van der Waals surface area contributed by atoms with Crippen molar-refractivity contribution >= 4 is 27.3 Å². The van der Waals surface area contributed by atoms with Crippen molar-refractivity contribution in [1.29, 1.82) is 0 Å². The number of carbonyl (C=O) groups is 2. The van der Waals surface area contributed by atoms with Crippen LogP contribution < -0.4 is 14.4 Å². The quantitative estimate of drug-likeness (QED) is 0.655. The van der Waals surface area contributed by atoms with Crippen molar-refractivity contribution in [2.45, 2.75) is 6.42 Å². The summed E-state index contributed by atoms with van der Waals surface area (Å²) >= 11 is 0. The van der Waals surface area contributed by atoms with Crippen LogP contribution in [0.1, 0.15) is 6.42 Å². The largest absolute Gasteiger partial charge is 0.454 e. The third kappa shape index (κ3) is 4.48. The number of carbonyl (C=O) groups excluding carboxylic acids is 2. The van der Waals surface area contributed by atoms with Crippen molar-refractivity contribution in [3.05, 3.63) is 18.2 Å². The number of ether oxygens (including phenoxy) is 2. The highest BCUT2D eigenvalue weighted by molar-refractivity contribution is 7.90. The zero-order valence-corrected chi connectivity index (χ0v) is 17.2. The average molecular weight is 423 g/mol. The van der Waals surface area contributed by atoms with Crippen LogP contribution in [0.15, 0.2) is 18.2 Å². The zero-order valence-electron chi connectivity index (χ0n) is 16.4. The van der Waals surface area contributed by atoms with Gasteiger partial charge in [0.2, 0.25) is 18.6 Å². The van der Waals surface area contributed by atoms with Crippen LogP contribution in [-0.2, 0) is 19.4 Å². The van der Waals surface area contributed by atoms with E-state index in [9.17, 15) is 18.0 Å². The maximum atomic E-state index is 12.9. The van der Waals surface area contributed by atoms with Gasteiger partial charge in [0, 0.05) is 63.7 Å². The molecule has 10 heteroatoms. The van der Waals surface area contributed by atoms with Gasteiger partial charge < -0.3 is 19.3 Å². The van der Waals surface area contributed by atoms with E-state index in [0.29, 0.717) is 56.5 Å². The maximum absolute atomic E-state index is 12.9. The highest BCUT2D eigenvalue weighted by Crippen LogP contribution is 2.37. The molecule has 0 radical (unpaired) electrons. The Hall–Kier alpha value is -2.33.